The molecule has 10 rings (SSSR count). The average Bonchev–Trinajstić information content (AvgIpc) is 3.69. The van der Waals surface area contributed by atoms with Crippen LogP contribution in [0.25, 0.3) is 39.1 Å². The molecule has 6 aromatic rings. The summed E-state index contributed by atoms with van der Waals surface area (Å²) in [5.41, 5.74) is 9.51. The van der Waals surface area contributed by atoms with Crippen molar-refractivity contribution in [2.45, 2.75) is 84.2 Å². The molecule has 3 aliphatic heterocycles. The van der Waals surface area contributed by atoms with E-state index in [1.807, 2.05) is 0 Å². The molecule has 0 radical (unpaired) electrons. The Labute approximate surface area is 354 Å². The van der Waals surface area contributed by atoms with Gasteiger partial charge in [0.2, 0.25) is 6.79 Å². The van der Waals surface area contributed by atoms with E-state index in [1.165, 1.54) is 27.9 Å². The third-order valence-electron chi connectivity index (χ3n) is 12.7. The van der Waals surface area contributed by atoms with Gasteiger partial charge in [-0.15, -0.1) is 0 Å². The summed E-state index contributed by atoms with van der Waals surface area (Å²) in [6, 6.07) is 41.7. The van der Waals surface area contributed by atoms with Crippen LogP contribution in [0.15, 0.2) is 121 Å². The normalized spacial score (nSPS) is 22.7. The quantitative estimate of drug-likeness (QED) is 0.153. The van der Waals surface area contributed by atoms with Crippen molar-refractivity contribution in [2.24, 2.45) is 5.41 Å². The molecule has 60 heavy (non-hydrogen) atoms. The van der Waals surface area contributed by atoms with E-state index >= 15 is 0 Å². The van der Waals surface area contributed by atoms with Gasteiger partial charge in [0.05, 0.1) is 18.8 Å². The van der Waals surface area contributed by atoms with Crippen molar-refractivity contribution in [1.82, 2.24) is 0 Å². The minimum Gasteiger partial charge on any atom is -0.472 e. The first kappa shape index (κ1) is 38.6. The maximum atomic E-state index is 7.84. The van der Waals surface area contributed by atoms with Crippen LogP contribution >= 0.6 is 0 Å². The summed E-state index contributed by atoms with van der Waals surface area (Å²) in [6.45, 7) is 15.8. The van der Waals surface area contributed by atoms with Gasteiger partial charge in [0, 0.05) is 46.4 Å². The smallest absolute Gasteiger partial charge is 0.231 e. The Morgan fingerprint density at radius 2 is 1.37 bits per heavy atom. The fourth-order valence-corrected chi connectivity index (χ4v) is 10.1. The third-order valence-corrected chi connectivity index (χ3v) is 12.7. The van der Waals surface area contributed by atoms with Gasteiger partial charge in [0.1, 0.15) is 11.4 Å². The number of morpholine rings is 1. The first-order valence-electron chi connectivity index (χ1n) is 21.8. The van der Waals surface area contributed by atoms with Gasteiger partial charge in [0.25, 0.3) is 0 Å². The van der Waals surface area contributed by atoms with Crippen LogP contribution in [-0.4, -0.2) is 38.7 Å². The van der Waals surface area contributed by atoms with Gasteiger partial charge in [-0.2, -0.15) is 0 Å². The Kier molecular flexibility index (Phi) is 9.57. The first-order chi connectivity index (χ1) is 29.1. The fraction of sp³-hybridized carbons (Fsp3) is 0.333. The van der Waals surface area contributed by atoms with E-state index in [2.05, 4.69) is 174 Å². The Balaban J connectivity index is 1.28. The summed E-state index contributed by atoms with van der Waals surface area (Å²) in [4.78, 5) is 2.43. The molecule has 6 nitrogen and oxygen atoms in total. The number of fused-ring (bicyclic) bond motifs is 11. The number of ether oxygens (including phenoxy) is 5. The van der Waals surface area contributed by atoms with Crippen molar-refractivity contribution < 1.29 is 23.7 Å². The molecule has 0 spiro atoms. The molecule has 306 valence electrons. The molecule has 0 aromatic heterocycles. The van der Waals surface area contributed by atoms with Crippen molar-refractivity contribution >= 4 is 22.5 Å². The summed E-state index contributed by atoms with van der Waals surface area (Å²) >= 11 is 0. The van der Waals surface area contributed by atoms with Crippen LogP contribution in [0.4, 0.5) is 5.69 Å². The number of benzene rings is 6. The molecule has 0 amide bonds. The lowest BCUT2D eigenvalue weighted by atomic mass is 9.73. The molecule has 1 fully saturated rings. The Bertz CT molecular complexity index is 2600. The van der Waals surface area contributed by atoms with Crippen molar-refractivity contribution in [3.8, 4) is 39.5 Å². The van der Waals surface area contributed by atoms with E-state index in [4.69, 9.17) is 23.7 Å². The van der Waals surface area contributed by atoms with Crippen molar-refractivity contribution in [1.29, 1.82) is 0 Å². The molecular formula is C54H55NO5. The van der Waals surface area contributed by atoms with Gasteiger partial charge in [-0.3, -0.25) is 0 Å². The topological polar surface area (TPSA) is 49.4 Å². The van der Waals surface area contributed by atoms with Crippen LogP contribution < -0.4 is 19.1 Å². The Morgan fingerprint density at radius 1 is 0.733 bits per heavy atom. The maximum absolute atomic E-state index is 7.84. The third kappa shape index (κ3) is 6.38. The summed E-state index contributed by atoms with van der Waals surface area (Å²) < 4.78 is 33.9. The number of unbranched alkanes of at least 4 members (excludes halogenated alkanes) is 1. The number of rotatable bonds is 8. The molecule has 4 atom stereocenters. The number of nitrogens with zero attached hydrogens (tertiary/aromatic N) is 1. The first-order valence-corrected chi connectivity index (χ1v) is 21.8. The second kappa shape index (κ2) is 14.9. The standard InChI is InChI=1S/C54H55NO5/c1-7-8-27-54(58-33-52(4,5)6)46-21-15-14-19-41(46)40-18-12-13-20-42(40)49-44-29-47-48(57-34-56-47)30-45(44)51-43(50(49)54)26-28-53(60-51,37-16-10-9-11-17-37)38-22-24-39(25-23-38)55-31-35(2)59-36(3)32-55/h9-26,28-30,35-36H,7-8,27,31-34H2,1-6H3. The van der Waals surface area contributed by atoms with E-state index in [-0.39, 0.29) is 24.4 Å². The Morgan fingerprint density at radius 3 is 2.07 bits per heavy atom. The Hall–Kier alpha value is -5.56. The van der Waals surface area contributed by atoms with Crippen LogP contribution in [-0.2, 0) is 20.7 Å². The highest BCUT2D eigenvalue weighted by Gasteiger charge is 2.48. The van der Waals surface area contributed by atoms with Gasteiger partial charge < -0.3 is 28.6 Å². The van der Waals surface area contributed by atoms with Crippen LogP contribution in [0.5, 0.6) is 17.2 Å². The summed E-state index contributed by atoms with van der Waals surface area (Å²) in [7, 11) is 0. The second-order valence-electron chi connectivity index (χ2n) is 18.4. The predicted molar refractivity (Wildman–Crippen MR) is 242 cm³/mol. The lowest BCUT2D eigenvalue weighted by Crippen LogP contribution is -2.45. The fourth-order valence-electron chi connectivity index (χ4n) is 10.1. The van der Waals surface area contributed by atoms with Gasteiger partial charge in [0.15, 0.2) is 17.1 Å². The maximum Gasteiger partial charge on any atom is 0.231 e. The van der Waals surface area contributed by atoms with Crippen molar-refractivity contribution in [2.75, 3.05) is 31.4 Å². The highest BCUT2D eigenvalue weighted by molar-refractivity contribution is 6.10. The summed E-state index contributed by atoms with van der Waals surface area (Å²) in [5.74, 6) is 2.27. The molecule has 0 bridgehead atoms. The SMILES string of the molecule is CCCCC1(OCC(C)(C)C)c2ccccc2-c2ccccc2-c2c1c1c(c3cc4c(cc23)OCO4)OC(c2ccccc2)(c2ccc(N3CC(C)OC(C)C3)cc2)C=C1. The summed E-state index contributed by atoms with van der Waals surface area (Å²) in [6.07, 6.45) is 7.77. The van der Waals surface area contributed by atoms with Gasteiger partial charge >= 0.3 is 0 Å². The molecule has 4 unspecified atom stereocenters. The van der Waals surface area contributed by atoms with Crippen molar-refractivity contribution in [3.63, 3.8) is 0 Å². The minimum atomic E-state index is -0.936. The minimum absolute atomic E-state index is 0.0886. The van der Waals surface area contributed by atoms with Gasteiger partial charge in [-0.1, -0.05) is 138 Å². The van der Waals surface area contributed by atoms with Crippen LogP contribution in [0, 0.1) is 5.41 Å². The lowest BCUT2D eigenvalue weighted by Gasteiger charge is -2.43. The molecule has 0 N–H and O–H groups in total. The molecule has 1 aliphatic carbocycles. The molecule has 1 saturated heterocycles. The molecule has 6 heteroatoms. The van der Waals surface area contributed by atoms with E-state index in [9.17, 15) is 0 Å². The van der Waals surface area contributed by atoms with E-state index in [1.54, 1.807) is 0 Å². The molecule has 3 heterocycles. The van der Waals surface area contributed by atoms with Gasteiger partial charge in [-0.25, -0.2) is 0 Å². The number of hydrogen-bond donors (Lipinski definition) is 0. The van der Waals surface area contributed by atoms with Crippen LogP contribution in [0.3, 0.4) is 0 Å². The average molecular weight is 798 g/mol. The number of anilines is 1. The largest absolute Gasteiger partial charge is 0.472 e. The van der Waals surface area contributed by atoms with E-state index in [0.717, 1.165) is 88.2 Å². The van der Waals surface area contributed by atoms with Crippen molar-refractivity contribution in [3.05, 3.63) is 149 Å². The van der Waals surface area contributed by atoms with Gasteiger partial charge in [-0.05, 0) is 89.2 Å². The van der Waals surface area contributed by atoms with Crippen LogP contribution in [0.1, 0.15) is 88.6 Å². The molecular weight excluding hydrogens is 743 g/mol. The zero-order chi connectivity index (χ0) is 41.2. The molecule has 0 saturated carbocycles. The highest BCUT2D eigenvalue weighted by Crippen LogP contribution is 2.60. The second-order valence-corrected chi connectivity index (χ2v) is 18.4. The van der Waals surface area contributed by atoms with E-state index in [0.29, 0.717) is 6.61 Å². The zero-order valence-electron chi connectivity index (χ0n) is 35.7. The van der Waals surface area contributed by atoms with Crippen LogP contribution in [0.2, 0.25) is 0 Å². The lowest BCUT2D eigenvalue weighted by molar-refractivity contribution is -0.0575. The monoisotopic (exact) mass is 797 g/mol. The molecule has 4 aliphatic rings. The zero-order valence-corrected chi connectivity index (χ0v) is 35.7. The number of hydrogen-bond acceptors (Lipinski definition) is 6. The summed E-state index contributed by atoms with van der Waals surface area (Å²) in [5, 5.41) is 2.03. The molecule has 6 aromatic carbocycles. The predicted octanol–water partition coefficient (Wildman–Crippen LogP) is 12.7. The highest BCUT2D eigenvalue weighted by atomic mass is 16.7. The van der Waals surface area contributed by atoms with E-state index < -0.39 is 11.2 Å².